The fourth-order valence-corrected chi connectivity index (χ4v) is 2.88. The van der Waals surface area contributed by atoms with Gasteiger partial charge in [-0.15, -0.1) is 0 Å². The van der Waals surface area contributed by atoms with Gasteiger partial charge in [-0.2, -0.15) is 0 Å². The highest BCUT2D eigenvalue weighted by atomic mass is 35.5. The summed E-state index contributed by atoms with van der Waals surface area (Å²) < 4.78 is 1.27. The van der Waals surface area contributed by atoms with Crippen LogP contribution in [-0.2, 0) is 4.79 Å². The molecule has 0 bridgehead atoms. The fourth-order valence-electron chi connectivity index (χ4n) is 2.76. The Bertz CT molecular complexity index is 1010. The number of aromatic nitrogens is 2. The minimum Gasteiger partial charge on any atom is -0.273 e. The second-order valence-corrected chi connectivity index (χ2v) is 6.97. The molecule has 3 aromatic rings. The molecule has 1 amide bonds. The van der Waals surface area contributed by atoms with Crippen LogP contribution in [0.1, 0.15) is 44.0 Å². The molecule has 0 saturated heterocycles. The maximum Gasteiger partial charge on any atom is 0.280 e. The van der Waals surface area contributed by atoms with Crippen molar-refractivity contribution in [2.45, 2.75) is 32.6 Å². The van der Waals surface area contributed by atoms with E-state index >= 15 is 0 Å². The molecule has 26 heavy (non-hydrogen) atoms. The van der Waals surface area contributed by atoms with Gasteiger partial charge in [0.15, 0.2) is 0 Å². The Balaban J connectivity index is 2.00. The summed E-state index contributed by atoms with van der Waals surface area (Å²) in [6.07, 6.45) is 0. The number of hydrogen-bond acceptors (Lipinski definition) is 3. The molecule has 1 atom stereocenters. The topological polar surface area (TPSA) is 64.0 Å². The molecule has 3 rings (SSSR count). The predicted octanol–water partition coefficient (Wildman–Crippen LogP) is 4.05. The van der Waals surface area contributed by atoms with Crippen LogP contribution in [0.2, 0.25) is 5.02 Å². The molecule has 2 aromatic carbocycles. The highest BCUT2D eigenvalue weighted by Crippen LogP contribution is 2.19. The molecular weight excluding hydrogens is 350 g/mol. The molecule has 0 fully saturated rings. The highest BCUT2D eigenvalue weighted by Gasteiger charge is 2.20. The van der Waals surface area contributed by atoms with Crippen molar-refractivity contribution in [3.8, 4) is 0 Å². The molecule has 0 aliphatic carbocycles. The number of benzene rings is 2. The van der Waals surface area contributed by atoms with Crippen LogP contribution in [0.4, 0.5) is 0 Å². The number of carbonyl (C=O) groups is 1. The minimum absolute atomic E-state index is 0.0292. The number of nitrogens with zero attached hydrogens (tertiary/aromatic N) is 2. The molecular formula is C20H20ClN3O2. The minimum atomic E-state index is -0.439. The van der Waals surface area contributed by atoms with E-state index in [0.717, 1.165) is 5.56 Å². The first kappa shape index (κ1) is 18.1. The lowest BCUT2D eigenvalue weighted by atomic mass is 10.0. The van der Waals surface area contributed by atoms with Gasteiger partial charge in [-0.1, -0.05) is 49.7 Å². The largest absolute Gasteiger partial charge is 0.280 e. The van der Waals surface area contributed by atoms with Gasteiger partial charge in [-0.05, 0) is 36.8 Å². The Hall–Kier alpha value is -2.66. The lowest BCUT2D eigenvalue weighted by Gasteiger charge is -2.19. The van der Waals surface area contributed by atoms with Crippen LogP contribution < -0.4 is 11.0 Å². The standard InChI is InChI=1S/C20H20ClN3O2/c1-12(2)18-22-17-7-5-4-6-16(17)20(26)24(18)23-19(25)13(3)14-8-10-15(21)11-9-14/h4-13H,1-3H3,(H,23,25). The molecule has 6 heteroatoms. The number of fused-ring (bicyclic) bond motifs is 1. The molecule has 1 N–H and O–H groups in total. The lowest BCUT2D eigenvalue weighted by Crippen LogP contribution is -2.38. The van der Waals surface area contributed by atoms with E-state index < -0.39 is 5.92 Å². The second-order valence-electron chi connectivity index (χ2n) is 6.53. The van der Waals surface area contributed by atoms with Crippen molar-refractivity contribution in [3.63, 3.8) is 0 Å². The molecule has 0 aliphatic heterocycles. The van der Waals surface area contributed by atoms with Crippen molar-refractivity contribution in [2.24, 2.45) is 0 Å². The van der Waals surface area contributed by atoms with Crippen LogP contribution in [0.15, 0.2) is 53.3 Å². The van der Waals surface area contributed by atoms with Gasteiger partial charge in [0, 0.05) is 10.9 Å². The third kappa shape index (κ3) is 3.48. The second kappa shape index (κ2) is 7.30. The number of para-hydroxylation sites is 1. The Morgan fingerprint density at radius 2 is 1.73 bits per heavy atom. The average molecular weight is 370 g/mol. The summed E-state index contributed by atoms with van der Waals surface area (Å²) in [5.74, 6) is -0.233. The van der Waals surface area contributed by atoms with Crippen molar-refractivity contribution in [1.82, 2.24) is 9.66 Å². The quantitative estimate of drug-likeness (QED) is 0.754. The molecule has 0 spiro atoms. The summed E-state index contributed by atoms with van der Waals surface area (Å²) in [4.78, 5) is 30.2. The number of halogens is 1. The Morgan fingerprint density at radius 3 is 2.38 bits per heavy atom. The van der Waals surface area contributed by atoms with Crippen molar-refractivity contribution < 1.29 is 4.79 Å². The molecule has 134 valence electrons. The van der Waals surface area contributed by atoms with Gasteiger partial charge in [0.25, 0.3) is 5.56 Å². The Labute approximate surface area is 156 Å². The third-order valence-electron chi connectivity index (χ3n) is 4.30. The fraction of sp³-hybridized carbons (Fsp3) is 0.250. The molecule has 0 aliphatic rings. The van der Waals surface area contributed by atoms with Gasteiger partial charge in [0.2, 0.25) is 5.91 Å². The maximum atomic E-state index is 12.9. The summed E-state index contributed by atoms with van der Waals surface area (Å²) in [6.45, 7) is 5.65. The van der Waals surface area contributed by atoms with Gasteiger partial charge in [-0.25, -0.2) is 9.66 Å². The summed E-state index contributed by atoms with van der Waals surface area (Å²) in [5.41, 5.74) is 3.90. The third-order valence-corrected chi connectivity index (χ3v) is 4.56. The lowest BCUT2D eigenvalue weighted by molar-refractivity contribution is -0.118. The summed E-state index contributed by atoms with van der Waals surface area (Å²) in [7, 11) is 0. The van der Waals surface area contributed by atoms with Crippen LogP contribution in [-0.4, -0.2) is 15.6 Å². The summed E-state index contributed by atoms with van der Waals surface area (Å²) in [6, 6.07) is 14.2. The van der Waals surface area contributed by atoms with E-state index in [1.54, 1.807) is 49.4 Å². The number of rotatable bonds is 4. The number of carbonyl (C=O) groups excluding carboxylic acids is 1. The van der Waals surface area contributed by atoms with E-state index in [-0.39, 0.29) is 17.4 Å². The zero-order valence-corrected chi connectivity index (χ0v) is 15.6. The zero-order valence-electron chi connectivity index (χ0n) is 14.9. The molecule has 0 saturated carbocycles. The SMILES string of the molecule is CC(C)c1nc2ccccc2c(=O)n1NC(=O)C(C)c1ccc(Cl)cc1. The average Bonchev–Trinajstić information content (AvgIpc) is 2.63. The first-order chi connectivity index (χ1) is 12.4. The van der Waals surface area contributed by atoms with E-state index in [9.17, 15) is 9.59 Å². The van der Waals surface area contributed by atoms with Crippen molar-refractivity contribution >= 4 is 28.4 Å². The van der Waals surface area contributed by atoms with Crippen LogP contribution in [0.5, 0.6) is 0 Å². The molecule has 1 heterocycles. The van der Waals surface area contributed by atoms with Crippen LogP contribution in [0.3, 0.4) is 0 Å². The Kier molecular flexibility index (Phi) is 5.09. The van der Waals surface area contributed by atoms with Crippen molar-refractivity contribution in [3.05, 3.63) is 75.3 Å². The summed E-state index contributed by atoms with van der Waals surface area (Å²) in [5, 5.41) is 1.08. The van der Waals surface area contributed by atoms with E-state index in [1.165, 1.54) is 4.68 Å². The van der Waals surface area contributed by atoms with Crippen LogP contribution in [0.25, 0.3) is 10.9 Å². The van der Waals surface area contributed by atoms with E-state index in [1.807, 2.05) is 19.9 Å². The first-order valence-electron chi connectivity index (χ1n) is 8.46. The maximum absolute atomic E-state index is 12.9. The number of hydrogen-bond donors (Lipinski definition) is 1. The van der Waals surface area contributed by atoms with E-state index in [4.69, 9.17) is 11.6 Å². The summed E-state index contributed by atoms with van der Waals surface area (Å²) >= 11 is 5.90. The normalized spacial score (nSPS) is 12.3. The van der Waals surface area contributed by atoms with Gasteiger partial charge in [0.1, 0.15) is 5.82 Å². The first-order valence-corrected chi connectivity index (χ1v) is 8.84. The Morgan fingerprint density at radius 1 is 1.08 bits per heavy atom. The molecule has 1 aromatic heterocycles. The van der Waals surface area contributed by atoms with E-state index in [2.05, 4.69) is 10.4 Å². The molecule has 5 nitrogen and oxygen atoms in total. The smallest absolute Gasteiger partial charge is 0.273 e. The van der Waals surface area contributed by atoms with Gasteiger partial charge < -0.3 is 0 Å². The van der Waals surface area contributed by atoms with Crippen molar-refractivity contribution in [1.29, 1.82) is 0 Å². The zero-order chi connectivity index (χ0) is 18.8. The molecule has 0 radical (unpaired) electrons. The van der Waals surface area contributed by atoms with Crippen molar-refractivity contribution in [2.75, 3.05) is 5.43 Å². The highest BCUT2D eigenvalue weighted by molar-refractivity contribution is 6.30. The van der Waals surface area contributed by atoms with Gasteiger partial charge in [0.05, 0.1) is 16.8 Å². The van der Waals surface area contributed by atoms with Gasteiger partial charge >= 0.3 is 0 Å². The predicted molar refractivity (Wildman–Crippen MR) is 104 cm³/mol. The monoisotopic (exact) mass is 369 g/mol. The van der Waals surface area contributed by atoms with Crippen LogP contribution in [0, 0.1) is 0 Å². The number of nitrogens with one attached hydrogen (secondary N) is 1. The number of amides is 1. The van der Waals surface area contributed by atoms with Gasteiger partial charge in [-0.3, -0.25) is 15.0 Å². The van der Waals surface area contributed by atoms with Crippen LogP contribution >= 0.6 is 11.6 Å². The van der Waals surface area contributed by atoms with E-state index in [0.29, 0.717) is 21.7 Å². The molecule has 1 unspecified atom stereocenters.